The van der Waals surface area contributed by atoms with Gasteiger partial charge in [0.2, 0.25) is 5.91 Å². The first kappa shape index (κ1) is 6.51. The topological polar surface area (TPSA) is 58.6 Å². The third kappa shape index (κ3) is 1.20. The predicted molar refractivity (Wildman–Crippen MR) is 29.6 cm³/mol. The molecule has 1 aliphatic heterocycles. The van der Waals surface area contributed by atoms with Gasteiger partial charge in [0.25, 0.3) is 0 Å². The van der Waals surface area contributed by atoms with Crippen LogP contribution in [0.25, 0.3) is 0 Å². The third-order valence-electron chi connectivity index (χ3n) is 1.30. The second kappa shape index (κ2) is 2.33. The number of amides is 1. The highest BCUT2D eigenvalue weighted by Gasteiger charge is 2.29. The van der Waals surface area contributed by atoms with Crippen molar-refractivity contribution in [2.24, 2.45) is 0 Å². The van der Waals surface area contributed by atoms with Crippen molar-refractivity contribution in [3.63, 3.8) is 0 Å². The number of ether oxygens (including phenoxy) is 1. The van der Waals surface area contributed by atoms with Gasteiger partial charge in [0.15, 0.2) is 6.23 Å². The van der Waals surface area contributed by atoms with E-state index >= 15 is 0 Å². The maximum Gasteiger partial charge on any atom is 0.224 e. The molecular formula is C5H9NO3. The largest absolute Gasteiger partial charge is 0.388 e. The number of rotatable bonds is 1. The molecule has 4 heteroatoms. The van der Waals surface area contributed by atoms with E-state index in [4.69, 9.17) is 9.84 Å². The Morgan fingerprint density at radius 1 is 1.89 bits per heavy atom. The SMILES string of the molecule is COC1NC(=O)CC1O. The van der Waals surface area contributed by atoms with Gasteiger partial charge in [0.05, 0.1) is 6.42 Å². The molecule has 52 valence electrons. The summed E-state index contributed by atoms with van der Waals surface area (Å²) in [5.74, 6) is -0.158. The molecule has 1 aliphatic rings. The van der Waals surface area contributed by atoms with Crippen molar-refractivity contribution in [2.45, 2.75) is 18.8 Å². The van der Waals surface area contributed by atoms with Crippen LogP contribution in [0, 0.1) is 0 Å². The van der Waals surface area contributed by atoms with Gasteiger partial charge in [-0.3, -0.25) is 4.79 Å². The first-order chi connectivity index (χ1) is 4.24. The Morgan fingerprint density at radius 3 is 2.78 bits per heavy atom. The minimum absolute atomic E-state index is 0.151. The summed E-state index contributed by atoms with van der Waals surface area (Å²) in [7, 11) is 1.44. The van der Waals surface area contributed by atoms with E-state index in [9.17, 15) is 4.79 Å². The van der Waals surface area contributed by atoms with Crippen molar-refractivity contribution in [1.29, 1.82) is 0 Å². The minimum Gasteiger partial charge on any atom is -0.388 e. The minimum atomic E-state index is -0.678. The third-order valence-corrected chi connectivity index (χ3v) is 1.30. The number of hydrogen-bond donors (Lipinski definition) is 2. The number of aliphatic hydroxyl groups excluding tert-OH is 1. The van der Waals surface area contributed by atoms with Gasteiger partial charge in [0.1, 0.15) is 6.10 Å². The van der Waals surface area contributed by atoms with Gasteiger partial charge >= 0.3 is 0 Å². The van der Waals surface area contributed by atoms with Crippen LogP contribution in [0.5, 0.6) is 0 Å². The molecule has 2 atom stereocenters. The first-order valence-electron chi connectivity index (χ1n) is 2.74. The Balaban J connectivity index is 2.47. The molecule has 4 nitrogen and oxygen atoms in total. The zero-order valence-corrected chi connectivity index (χ0v) is 5.13. The maximum absolute atomic E-state index is 10.5. The van der Waals surface area contributed by atoms with Crippen molar-refractivity contribution in [3.05, 3.63) is 0 Å². The number of carbonyl (C=O) groups excluding carboxylic acids is 1. The Bertz CT molecular complexity index is 125. The quantitative estimate of drug-likeness (QED) is 0.472. The lowest BCUT2D eigenvalue weighted by Crippen LogP contribution is -2.32. The second-order valence-corrected chi connectivity index (χ2v) is 2.00. The molecule has 0 radical (unpaired) electrons. The Morgan fingerprint density at radius 2 is 2.56 bits per heavy atom. The Kier molecular flexibility index (Phi) is 1.68. The van der Waals surface area contributed by atoms with Gasteiger partial charge in [-0.15, -0.1) is 0 Å². The molecule has 1 rings (SSSR count). The molecular weight excluding hydrogens is 122 g/mol. The second-order valence-electron chi connectivity index (χ2n) is 2.00. The van der Waals surface area contributed by atoms with E-state index in [0.29, 0.717) is 0 Å². The molecule has 0 aromatic heterocycles. The van der Waals surface area contributed by atoms with E-state index in [2.05, 4.69) is 5.32 Å². The molecule has 2 N–H and O–H groups in total. The van der Waals surface area contributed by atoms with Crippen LogP contribution < -0.4 is 5.32 Å². The van der Waals surface area contributed by atoms with Gasteiger partial charge < -0.3 is 15.2 Å². The lowest BCUT2D eigenvalue weighted by atomic mass is 10.3. The number of nitrogens with one attached hydrogen (secondary N) is 1. The van der Waals surface area contributed by atoms with Gasteiger partial charge in [-0.2, -0.15) is 0 Å². The van der Waals surface area contributed by atoms with Crippen molar-refractivity contribution in [2.75, 3.05) is 7.11 Å². The van der Waals surface area contributed by atoms with Crippen LogP contribution in [0.4, 0.5) is 0 Å². The zero-order chi connectivity index (χ0) is 6.85. The standard InChI is InChI=1S/C5H9NO3/c1-9-5-3(7)2-4(8)6-5/h3,5,7H,2H2,1H3,(H,6,8). The highest BCUT2D eigenvalue weighted by Crippen LogP contribution is 2.07. The number of aliphatic hydroxyl groups is 1. The summed E-state index contributed by atoms with van der Waals surface area (Å²) < 4.78 is 4.71. The molecule has 2 unspecified atom stereocenters. The van der Waals surface area contributed by atoms with E-state index in [0.717, 1.165) is 0 Å². The Labute approximate surface area is 52.8 Å². The molecule has 0 aliphatic carbocycles. The fraction of sp³-hybridized carbons (Fsp3) is 0.800. The fourth-order valence-corrected chi connectivity index (χ4v) is 0.827. The molecule has 1 fully saturated rings. The molecule has 9 heavy (non-hydrogen) atoms. The molecule has 0 aromatic rings. The lowest BCUT2D eigenvalue weighted by molar-refractivity contribution is -0.120. The summed E-state index contributed by atoms with van der Waals surface area (Å²) in [6, 6.07) is 0. The first-order valence-corrected chi connectivity index (χ1v) is 2.74. The van der Waals surface area contributed by atoms with Crippen molar-refractivity contribution >= 4 is 5.91 Å². The van der Waals surface area contributed by atoms with Crippen LogP contribution >= 0.6 is 0 Å². The van der Waals surface area contributed by atoms with Crippen LogP contribution in [0.1, 0.15) is 6.42 Å². The van der Waals surface area contributed by atoms with E-state index < -0.39 is 12.3 Å². The van der Waals surface area contributed by atoms with E-state index in [1.165, 1.54) is 7.11 Å². The summed E-state index contributed by atoms with van der Waals surface area (Å²) in [6.07, 6.45) is -1.03. The van der Waals surface area contributed by atoms with Crippen LogP contribution in [-0.2, 0) is 9.53 Å². The van der Waals surface area contributed by atoms with Gasteiger partial charge in [0, 0.05) is 7.11 Å². The van der Waals surface area contributed by atoms with Crippen molar-refractivity contribution in [3.8, 4) is 0 Å². The van der Waals surface area contributed by atoms with E-state index in [1.807, 2.05) is 0 Å². The van der Waals surface area contributed by atoms with Crippen LogP contribution in [-0.4, -0.2) is 30.5 Å². The predicted octanol–water partition coefficient (Wildman–Crippen LogP) is -1.16. The summed E-state index contributed by atoms with van der Waals surface area (Å²) >= 11 is 0. The Hall–Kier alpha value is -0.610. The van der Waals surface area contributed by atoms with Crippen LogP contribution in [0.2, 0.25) is 0 Å². The van der Waals surface area contributed by atoms with Crippen LogP contribution in [0.3, 0.4) is 0 Å². The average molecular weight is 131 g/mol. The zero-order valence-electron chi connectivity index (χ0n) is 5.13. The summed E-state index contributed by atoms with van der Waals surface area (Å²) in [6.45, 7) is 0. The highest BCUT2D eigenvalue weighted by molar-refractivity contribution is 5.79. The molecule has 0 saturated carbocycles. The smallest absolute Gasteiger partial charge is 0.224 e. The van der Waals surface area contributed by atoms with Gasteiger partial charge in [-0.1, -0.05) is 0 Å². The number of carbonyl (C=O) groups is 1. The fourth-order valence-electron chi connectivity index (χ4n) is 0.827. The van der Waals surface area contributed by atoms with Crippen molar-refractivity contribution < 1.29 is 14.6 Å². The number of methoxy groups -OCH3 is 1. The molecule has 1 amide bonds. The lowest BCUT2D eigenvalue weighted by Gasteiger charge is -2.10. The molecule has 0 aromatic carbocycles. The van der Waals surface area contributed by atoms with Crippen LogP contribution in [0.15, 0.2) is 0 Å². The summed E-state index contributed by atoms with van der Waals surface area (Å²) in [4.78, 5) is 10.5. The van der Waals surface area contributed by atoms with Gasteiger partial charge in [-0.05, 0) is 0 Å². The molecule has 0 bridgehead atoms. The molecule has 1 heterocycles. The highest BCUT2D eigenvalue weighted by atomic mass is 16.5. The van der Waals surface area contributed by atoms with E-state index in [-0.39, 0.29) is 12.3 Å². The average Bonchev–Trinajstić information content (AvgIpc) is 2.10. The molecule has 0 spiro atoms. The summed E-state index contributed by atoms with van der Waals surface area (Å²) in [5, 5.41) is 11.4. The maximum atomic E-state index is 10.5. The summed E-state index contributed by atoms with van der Waals surface area (Å²) in [5.41, 5.74) is 0. The normalized spacial score (nSPS) is 34.7. The van der Waals surface area contributed by atoms with E-state index in [1.54, 1.807) is 0 Å². The molecule has 1 saturated heterocycles. The number of hydrogen-bond acceptors (Lipinski definition) is 3. The van der Waals surface area contributed by atoms with Crippen molar-refractivity contribution in [1.82, 2.24) is 5.32 Å². The van der Waals surface area contributed by atoms with Gasteiger partial charge in [-0.25, -0.2) is 0 Å². The monoisotopic (exact) mass is 131 g/mol.